The first-order valence-corrected chi connectivity index (χ1v) is 5.11. The van der Waals surface area contributed by atoms with Gasteiger partial charge in [0.05, 0.1) is 12.7 Å². The molecule has 2 nitrogen and oxygen atoms in total. The number of alkyl halides is 4. The number of hydrogen-bond donors (Lipinski definition) is 0. The normalized spacial score (nSPS) is 13.3. The third-order valence-electron chi connectivity index (χ3n) is 2.20. The Morgan fingerprint density at radius 2 is 2.00 bits per heavy atom. The summed E-state index contributed by atoms with van der Waals surface area (Å²) in [5, 5.41) is -1.37. The second-order valence-corrected chi connectivity index (χ2v) is 3.83. The SMILES string of the molecule is COc1cccc(C(F)(F)F)c1C(Cl)C(C)=O. The van der Waals surface area contributed by atoms with E-state index in [9.17, 15) is 18.0 Å². The van der Waals surface area contributed by atoms with Gasteiger partial charge >= 0.3 is 6.18 Å². The summed E-state index contributed by atoms with van der Waals surface area (Å²) in [6.45, 7) is 1.13. The van der Waals surface area contributed by atoms with Crippen molar-refractivity contribution in [2.75, 3.05) is 7.11 Å². The number of halogens is 4. The summed E-state index contributed by atoms with van der Waals surface area (Å²) in [6.07, 6.45) is -4.58. The number of carbonyl (C=O) groups excluding carboxylic acids is 1. The van der Waals surface area contributed by atoms with E-state index in [-0.39, 0.29) is 11.3 Å². The van der Waals surface area contributed by atoms with Crippen LogP contribution in [-0.2, 0) is 11.0 Å². The molecule has 0 saturated carbocycles. The number of ketones is 1. The molecule has 0 heterocycles. The highest BCUT2D eigenvalue weighted by Crippen LogP contribution is 2.41. The van der Waals surface area contributed by atoms with E-state index in [4.69, 9.17) is 16.3 Å². The molecule has 1 unspecified atom stereocenters. The Bertz CT molecular complexity index is 429. The minimum absolute atomic E-state index is 0.0463. The van der Waals surface area contributed by atoms with Crippen LogP contribution < -0.4 is 4.74 Å². The highest BCUT2D eigenvalue weighted by Gasteiger charge is 2.37. The number of carbonyl (C=O) groups is 1. The lowest BCUT2D eigenvalue weighted by Crippen LogP contribution is -2.14. The number of Topliss-reactive ketones (excluding diaryl/α,β-unsaturated/α-hetero) is 1. The van der Waals surface area contributed by atoms with Crippen LogP contribution in [0.1, 0.15) is 23.4 Å². The van der Waals surface area contributed by atoms with Gasteiger partial charge in [-0.25, -0.2) is 0 Å². The quantitative estimate of drug-likeness (QED) is 0.782. The molecule has 1 aromatic carbocycles. The van der Waals surface area contributed by atoms with E-state index in [1.54, 1.807) is 0 Å². The van der Waals surface area contributed by atoms with Crippen LogP contribution in [0.15, 0.2) is 18.2 Å². The maximum atomic E-state index is 12.8. The van der Waals surface area contributed by atoms with Gasteiger partial charge in [0.15, 0.2) is 5.78 Å². The summed E-state index contributed by atoms with van der Waals surface area (Å²) < 4.78 is 43.1. The van der Waals surface area contributed by atoms with E-state index in [2.05, 4.69) is 0 Å². The Balaban J connectivity index is 3.46. The molecular formula is C11H10ClF3O2. The Morgan fingerprint density at radius 1 is 1.41 bits per heavy atom. The molecule has 17 heavy (non-hydrogen) atoms. The van der Waals surface area contributed by atoms with E-state index in [1.165, 1.54) is 19.2 Å². The molecule has 1 rings (SSSR count). The van der Waals surface area contributed by atoms with Gasteiger partial charge in [0.2, 0.25) is 0 Å². The largest absolute Gasteiger partial charge is 0.496 e. The van der Waals surface area contributed by atoms with Gasteiger partial charge in [0.1, 0.15) is 11.1 Å². The number of benzene rings is 1. The minimum Gasteiger partial charge on any atom is -0.496 e. The standard InChI is InChI=1S/C11H10ClF3O2/c1-6(16)10(12)9-7(11(13,14)15)4-3-5-8(9)17-2/h3-5,10H,1-2H3. The van der Waals surface area contributed by atoms with Crippen LogP contribution in [0, 0.1) is 0 Å². The molecule has 0 aromatic heterocycles. The molecule has 0 N–H and O–H groups in total. The molecule has 0 aliphatic carbocycles. The molecular weight excluding hydrogens is 257 g/mol. The predicted molar refractivity (Wildman–Crippen MR) is 57.3 cm³/mol. The van der Waals surface area contributed by atoms with Gasteiger partial charge in [0, 0.05) is 5.56 Å². The lowest BCUT2D eigenvalue weighted by Gasteiger charge is -2.18. The van der Waals surface area contributed by atoms with Gasteiger partial charge in [-0.05, 0) is 19.1 Å². The van der Waals surface area contributed by atoms with E-state index in [1.807, 2.05) is 0 Å². The Kier molecular flexibility index (Phi) is 4.03. The maximum Gasteiger partial charge on any atom is 0.416 e. The van der Waals surface area contributed by atoms with Crippen LogP contribution in [0.3, 0.4) is 0 Å². The first-order chi connectivity index (χ1) is 7.79. The fourth-order valence-corrected chi connectivity index (χ4v) is 1.66. The molecule has 0 spiro atoms. The average Bonchev–Trinajstić information content (AvgIpc) is 2.25. The first kappa shape index (κ1) is 13.8. The van der Waals surface area contributed by atoms with Crippen molar-refractivity contribution < 1.29 is 22.7 Å². The summed E-state index contributed by atoms with van der Waals surface area (Å²) >= 11 is 5.71. The van der Waals surface area contributed by atoms with Crippen molar-refractivity contribution >= 4 is 17.4 Å². The van der Waals surface area contributed by atoms with Crippen molar-refractivity contribution in [2.24, 2.45) is 0 Å². The van der Waals surface area contributed by atoms with Gasteiger partial charge in [0.25, 0.3) is 0 Å². The van der Waals surface area contributed by atoms with Crippen LogP contribution in [0.2, 0.25) is 0 Å². The number of hydrogen-bond acceptors (Lipinski definition) is 2. The molecule has 0 aliphatic heterocycles. The molecule has 0 fully saturated rings. The van der Waals surface area contributed by atoms with Crippen LogP contribution in [-0.4, -0.2) is 12.9 Å². The molecule has 0 saturated heterocycles. The third kappa shape index (κ3) is 2.91. The second kappa shape index (κ2) is 4.96. The van der Waals surface area contributed by atoms with Gasteiger partial charge in [-0.3, -0.25) is 4.79 Å². The summed E-state index contributed by atoms with van der Waals surface area (Å²) in [5.74, 6) is -0.614. The summed E-state index contributed by atoms with van der Waals surface area (Å²) in [6, 6.07) is 3.41. The minimum atomic E-state index is -4.58. The molecule has 1 aromatic rings. The fourth-order valence-electron chi connectivity index (χ4n) is 1.43. The predicted octanol–water partition coefficient (Wildman–Crippen LogP) is 3.58. The van der Waals surface area contributed by atoms with Crippen LogP contribution in [0.25, 0.3) is 0 Å². The van der Waals surface area contributed by atoms with Gasteiger partial charge < -0.3 is 4.74 Å². The van der Waals surface area contributed by atoms with Crippen molar-refractivity contribution in [2.45, 2.75) is 18.5 Å². The van der Waals surface area contributed by atoms with E-state index in [0.29, 0.717) is 0 Å². The molecule has 6 heteroatoms. The average molecular weight is 267 g/mol. The Morgan fingerprint density at radius 3 is 2.41 bits per heavy atom. The van der Waals surface area contributed by atoms with Gasteiger partial charge in [-0.15, -0.1) is 11.6 Å². The third-order valence-corrected chi connectivity index (χ3v) is 2.73. The fraction of sp³-hybridized carbons (Fsp3) is 0.364. The van der Waals surface area contributed by atoms with Crippen molar-refractivity contribution in [1.29, 1.82) is 0 Å². The zero-order valence-corrected chi connectivity index (χ0v) is 9.89. The maximum absolute atomic E-state index is 12.8. The Hall–Kier alpha value is -1.23. The number of methoxy groups -OCH3 is 1. The van der Waals surface area contributed by atoms with Gasteiger partial charge in [-0.2, -0.15) is 13.2 Å². The topological polar surface area (TPSA) is 26.3 Å². The van der Waals surface area contributed by atoms with E-state index < -0.39 is 22.9 Å². The lowest BCUT2D eigenvalue weighted by atomic mass is 10.0. The van der Waals surface area contributed by atoms with Crippen molar-refractivity contribution in [3.63, 3.8) is 0 Å². The monoisotopic (exact) mass is 266 g/mol. The lowest BCUT2D eigenvalue weighted by molar-refractivity contribution is -0.138. The molecule has 0 bridgehead atoms. The second-order valence-electron chi connectivity index (χ2n) is 3.39. The van der Waals surface area contributed by atoms with Crippen molar-refractivity contribution in [3.05, 3.63) is 29.3 Å². The van der Waals surface area contributed by atoms with Crippen molar-refractivity contribution in [3.8, 4) is 5.75 Å². The van der Waals surface area contributed by atoms with E-state index >= 15 is 0 Å². The molecule has 0 radical (unpaired) electrons. The Labute approximate surface area is 101 Å². The van der Waals surface area contributed by atoms with Crippen LogP contribution >= 0.6 is 11.6 Å². The zero-order chi connectivity index (χ0) is 13.2. The number of ether oxygens (including phenoxy) is 1. The highest BCUT2D eigenvalue weighted by molar-refractivity contribution is 6.31. The van der Waals surface area contributed by atoms with Crippen LogP contribution in [0.5, 0.6) is 5.75 Å². The summed E-state index contributed by atoms with van der Waals surface area (Å²) in [5.41, 5.74) is -1.29. The summed E-state index contributed by atoms with van der Waals surface area (Å²) in [7, 11) is 1.22. The van der Waals surface area contributed by atoms with Crippen molar-refractivity contribution in [1.82, 2.24) is 0 Å². The summed E-state index contributed by atoms with van der Waals surface area (Å²) in [4.78, 5) is 11.1. The smallest absolute Gasteiger partial charge is 0.416 e. The van der Waals surface area contributed by atoms with E-state index in [0.717, 1.165) is 13.0 Å². The number of rotatable bonds is 3. The van der Waals surface area contributed by atoms with Gasteiger partial charge in [-0.1, -0.05) is 6.07 Å². The molecule has 94 valence electrons. The molecule has 0 amide bonds. The zero-order valence-electron chi connectivity index (χ0n) is 9.14. The van der Waals surface area contributed by atoms with Crippen LogP contribution in [0.4, 0.5) is 13.2 Å². The first-order valence-electron chi connectivity index (χ1n) is 4.67. The highest BCUT2D eigenvalue weighted by atomic mass is 35.5. The molecule has 1 atom stereocenters. The molecule has 0 aliphatic rings.